The van der Waals surface area contributed by atoms with E-state index in [9.17, 15) is 78.2 Å². The van der Waals surface area contributed by atoms with Crippen LogP contribution >= 0.6 is 34.0 Å². The van der Waals surface area contributed by atoms with Gasteiger partial charge in [0, 0.05) is 72.3 Å². The molecule has 0 fully saturated rings. The number of nitrogens with one attached hydrogen (secondary N) is 2. The van der Waals surface area contributed by atoms with E-state index in [0.29, 0.717) is 85.1 Å². The number of nitrogens with zero attached hydrogens (tertiary/aromatic N) is 3. The second kappa shape index (κ2) is 47.0. The third kappa shape index (κ3) is 34.0. The van der Waals surface area contributed by atoms with Crippen LogP contribution < -0.4 is 79.0 Å². The number of halogens is 9. The third-order valence-corrected chi connectivity index (χ3v) is 17.6. The molecule has 9 rings (SSSR count). The number of methoxy groups -OCH3 is 2. The molecular weight excluding hydrogens is 1600 g/mol. The second-order valence-electron chi connectivity index (χ2n) is 25.6. The number of hydrogen-bond acceptors (Lipinski definition) is 25. The van der Waals surface area contributed by atoms with Gasteiger partial charge in [0.15, 0.2) is 32.2 Å². The predicted octanol–water partition coefficient (Wildman–Crippen LogP) is 12.7. The quantitative estimate of drug-likeness (QED) is 0.0146. The fourth-order valence-electron chi connectivity index (χ4n) is 9.14. The van der Waals surface area contributed by atoms with Gasteiger partial charge in [-0.3, -0.25) is 9.59 Å². The van der Waals surface area contributed by atoms with Crippen molar-refractivity contribution in [1.82, 2.24) is 15.0 Å². The maximum atomic E-state index is 12.8. The Hall–Kier alpha value is -9.51. The molecule has 0 bridgehead atoms. The van der Waals surface area contributed by atoms with Crippen LogP contribution in [-0.2, 0) is 84.3 Å². The monoisotopic (exact) mass is 1690 g/mol. The second-order valence-corrected chi connectivity index (χ2v) is 28.3. The number of thiazole rings is 3. The van der Waals surface area contributed by atoms with Crippen molar-refractivity contribution in [1.29, 1.82) is 0 Å². The standard InChI is InChI=1S/C24H25F3N2O3S.C23H23F3N2O3S.C14H18O4.C10H7F3N2S.C4H6O4.C2H3BO2.CH4.Li.Na.H2O/c1-14-11-20(32-23(3,4)21(30)31-5)15(2)10-17(14)12-28-22-29-19(13-33-22)16-6-8-18(9-7-16)24(25,26)27;1-13-10-19(31-22(3,4)20(29)30)14(2)9-16(13)11-27-21-28-18(12-32-21)15-5-7-17(8-6-15)23(24,25)26;1-9-7-12(10(2)6-11(9)8-15)18-14(3,4)13(16)17-5;11-10(12,13)7-3-1-6(2-4-7)8-5-16-9(14)15-8;1-3(5)7-8-4(2)6;1-2(4)5-3;;;;/h6-11,13H,12H2,1-5H3,(H,28,29);5-10,12H,11H2,1-4H3,(H,27,28)(H,29,30);6-8H,1-5H3;1-5H,(H2,14,15);1-2H3;1H3;1H4;;;1H2/q;;;;;-1;;2*+1;/p-1. The number of ether oxygens (including phenoxy) is 5. The number of nitrogen functional groups attached to an aromatic ring is 1. The molecule has 3 heterocycles. The number of anilines is 3. The number of rotatable bonds is 19. The van der Waals surface area contributed by atoms with Crippen LogP contribution in [0.3, 0.4) is 0 Å². The number of carboxylic acids is 1. The van der Waals surface area contributed by atoms with Crippen LogP contribution in [0.5, 0.6) is 17.2 Å². The Kier molecular flexibility index (Phi) is 43.2. The minimum atomic E-state index is -4.37. The zero-order valence-corrected chi connectivity index (χ0v) is 70.7. The molecule has 0 atom stereocenters. The zero-order valence-electron chi connectivity index (χ0n) is 66.3. The van der Waals surface area contributed by atoms with E-state index in [1.54, 1.807) is 56.0 Å². The van der Waals surface area contributed by atoms with Gasteiger partial charge in [0.1, 0.15) is 23.5 Å². The Bertz CT molecular complexity index is 4710. The van der Waals surface area contributed by atoms with Crippen molar-refractivity contribution < 1.29 is 170 Å². The number of aryl methyl sites for hydroxylation is 6. The number of carbonyl (C=O) groups excluding carboxylic acids is 6. The average molecular weight is 1690 g/mol. The first-order chi connectivity index (χ1) is 51.9. The van der Waals surface area contributed by atoms with Crippen molar-refractivity contribution >= 4 is 99.6 Å². The van der Waals surface area contributed by atoms with Crippen molar-refractivity contribution in [2.75, 3.05) is 30.6 Å². The van der Waals surface area contributed by atoms with Crippen LogP contribution in [0.1, 0.15) is 141 Å². The summed E-state index contributed by atoms with van der Waals surface area (Å²) in [5.41, 5.74) is 11.4. The van der Waals surface area contributed by atoms with Crippen LogP contribution in [0.4, 0.5) is 54.9 Å². The maximum absolute atomic E-state index is 12.8. The zero-order chi connectivity index (χ0) is 84.6. The Morgan fingerprint density at radius 2 is 0.776 bits per heavy atom. The summed E-state index contributed by atoms with van der Waals surface area (Å²) in [6, 6.07) is 25.8. The number of hydrogen-bond donors (Lipinski definition) is 4. The molecule has 0 unspecified atom stereocenters. The summed E-state index contributed by atoms with van der Waals surface area (Å²) < 4.78 is 144. The molecule has 0 saturated carbocycles. The van der Waals surface area contributed by atoms with E-state index < -0.39 is 87.8 Å². The van der Waals surface area contributed by atoms with Crippen LogP contribution in [0.25, 0.3) is 33.8 Å². The van der Waals surface area contributed by atoms with Gasteiger partial charge < -0.3 is 63.3 Å². The van der Waals surface area contributed by atoms with Gasteiger partial charge in [0.05, 0.1) is 48.0 Å². The average Bonchev–Trinajstić information content (AvgIpc) is 1.10. The van der Waals surface area contributed by atoms with Crippen molar-refractivity contribution in [3.63, 3.8) is 0 Å². The van der Waals surface area contributed by atoms with Gasteiger partial charge in [-0.05, 0) is 188 Å². The van der Waals surface area contributed by atoms with Gasteiger partial charge in [-0.2, -0.15) is 39.5 Å². The molecule has 9 aromatic rings. The molecule has 0 saturated heterocycles. The van der Waals surface area contributed by atoms with Gasteiger partial charge in [-0.25, -0.2) is 48.7 Å². The molecule has 617 valence electrons. The van der Waals surface area contributed by atoms with E-state index in [2.05, 4.69) is 52.8 Å². The van der Waals surface area contributed by atoms with E-state index >= 15 is 0 Å². The number of esters is 2. The molecule has 116 heavy (non-hydrogen) atoms. The van der Waals surface area contributed by atoms with E-state index in [0.717, 1.165) is 101 Å². The third-order valence-electron chi connectivity index (χ3n) is 15.3. The number of benzene rings is 6. The first kappa shape index (κ1) is 106. The number of aliphatic carboxylic acids is 1. The van der Waals surface area contributed by atoms with Gasteiger partial charge in [-0.1, -0.05) is 56.0 Å². The smallest absolute Gasteiger partial charge is 0.870 e. The van der Waals surface area contributed by atoms with Crippen molar-refractivity contribution in [3.05, 3.63) is 192 Å². The molecular formula is C78H87BF9LiN6NaO17S3. The van der Waals surface area contributed by atoms with Crippen LogP contribution in [-0.4, -0.2) is 107 Å². The number of nitrogens with two attached hydrogens (primary N) is 1. The van der Waals surface area contributed by atoms with E-state index in [1.807, 2.05) is 65.8 Å². The molecule has 3 radical (unpaired) electrons. The van der Waals surface area contributed by atoms with E-state index in [-0.39, 0.29) is 61.3 Å². The Morgan fingerprint density at radius 1 is 0.483 bits per heavy atom. The minimum Gasteiger partial charge on any atom is -0.870 e. The summed E-state index contributed by atoms with van der Waals surface area (Å²) in [7, 11) is 6.96. The molecule has 0 spiro atoms. The molecule has 38 heteroatoms. The molecule has 0 amide bonds. The summed E-state index contributed by atoms with van der Waals surface area (Å²) >= 11 is 4.00. The predicted molar refractivity (Wildman–Crippen MR) is 415 cm³/mol. The van der Waals surface area contributed by atoms with E-state index in [4.69, 9.17) is 24.7 Å². The molecule has 0 aliphatic heterocycles. The number of aldehydes is 1. The summed E-state index contributed by atoms with van der Waals surface area (Å²) in [4.78, 5) is 95.3. The maximum Gasteiger partial charge on any atom is 1.00 e. The number of alkyl halides is 9. The van der Waals surface area contributed by atoms with Gasteiger partial charge in [0.2, 0.25) is 5.97 Å². The summed E-state index contributed by atoms with van der Waals surface area (Å²) in [6.07, 6.45) is -12.2. The van der Waals surface area contributed by atoms with Crippen molar-refractivity contribution in [3.8, 4) is 51.0 Å². The Morgan fingerprint density at radius 3 is 1.04 bits per heavy atom. The van der Waals surface area contributed by atoms with Crippen molar-refractivity contribution in [2.45, 2.75) is 160 Å². The van der Waals surface area contributed by atoms with Crippen molar-refractivity contribution in [2.24, 2.45) is 0 Å². The summed E-state index contributed by atoms with van der Waals surface area (Å²) in [5, 5.41) is 22.8. The minimum absolute atomic E-state index is 0. The molecule has 0 aliphatic carbocycles. The largest absolute Gasteiger partial charge is 1.00 e. The number of carbonyl (C=O) groups is 7. The molecule has 6 N–H and O–H groups in total. The first-order valence-corrected chi connectivity index (χ1v) is 35.7. The Labute approximate surface area is 713 Å². The summed E-state index contributed by atoms with van der Waals surface area (Å²) in [6.45, 7) is 25.3. The van der Waals surface area contributed by atoms with Gasteiger partial charge >= 0.3 is 96.8 Å². The molecule has 0 aliphatic rings. The first-order valence-electron chi connectivity index (χ1n) is 33.0. The SMILES string of the molecule is C.CC(=O)OOC(C)=O.COC(=O)C(C)(C)Oc1cc(C)c(C=O)cc1C.COC(=O)C(C)(C)Oc1cc(C)c(CNc2nc(-c3ccc(C(F)(F)F)cc3)cs2)cc1C.Cc1cc(OC(C)(C)C(=O)O)c(C)cc1CNc1nc(-c2ccc(C(F)(F)F)cc2)cs1.Nc1nc(-c2ccc(C(F)(F)F)cc2)cs1.[B-]OC(C)=O.[Li+].[Na+].[OH-]. The molecule has 3 aromatic heterocycles. The molecule has 6 aromatic carbocycles. The summed E-state index contributed by atoms with van der Waals surface area (Å²) in [5.74, 6) is -2.01. The number of carboxylic acid groups (broad SMARTS) is 1. The number of aromatic nitrogens is 3. The fraction of sp³-hybridized carbons (Fsp3) is 0.333. The van der Waals surface area contributed by atoms with Crippen LogP contribution in [0, 0.1) is 41.5 Å². The fourth-order valence-corrected chi connectivity index (χ4v) is 11.1. The van der Waals surface area contributed by atoms with Gasteiger partial charge in [0.25, 0.3) is 0 Å². The normalized spacial score (nSPS) is 10.8. The Balaban J connectivity index is 0.00000147. The topological polar surface area (TPSA) is 332 Å². The van der Waals surface area contributed by atoms with Crippen LogP contribution in [0.2, 0.25) is 0 Å². The van der Waals surface area contributed by atoms with E-state index in [1.165, 1.54) is 105 Å². The van der Waals surface area contributed by atoms with Gasteiger partial charge in [-0.15, -0.1) is 34.0 Å². The van der Waals surface area contributed by atoms with Crippen LogP contribution in [0.15, 0.2) is 125 Å². The molecule has 23 nitrogen and oxygen atoms in total.